The maximum Gasteiger partial charge on any atom is 0.332 e. The van der Waals surface area contributed by atoms with E-state index >= 15 is 0 Å². The number of hydrogen-bond acceptors (Lipinski definition) is 6. The minimum Gasteiger partial charge on any atom is -0.467 e. The van der Waals surface area contributed by atoms with E-state index in [0.29, 0.717) is 30.5 Å². The fraction of sp³-hybridized carbons (Fsp3) is 0.370. The lowest BCUT2D eigenvalue weighted by molar-refractivity contribution is -0.145. The number of ether oxygens (including phenoxy) is 1. The van der Waals surface area contributed by atoms with Crippen LogP contribution in [0.1, 0.15) is 29.9 Å². The third-order valence-corrected chi connectivity index (χ3v) is 8.29. The van der Waals surface area contributed by atoms with Crippen molar-refractivity contribution in [3.05, 3.63) is 63.6 Å². The Morgan fingerprint density at radius 2 is 1.77 bits per heavy atom. The van der Waals surface area contributed by atoms with Gasteiger partial charge in [0.1, 0.15) is 11.6 Å². The highest BCUT2D eigenvalue weighted by Gasteiger charge is 2.65. The van der Waals surface area contributed by atoms with Gasteiger partial charge in [-0.05, 0) is 48.7 Å². The third kappa shape index (κ3) is 4.26. The number of hydrogen-bond donors (Lipinski definition) is 0. The molecule has 3 saturated heterocycles. The zero-order valence-electron chi connectivity index (χ0n) is 21.3. The Morgan fingerprint density at radius 1 is 1.10 bits per heavy atom. The Hall–Kier alpha value is -3.81. The predicted molar refractivity (Wildman–Crippen MR) is 142 cm³/mol. The summed E-state index contributed by atoms with van der Waals surface area (Å²) in [5.74, 6) is -1.63. The number of rotatable bonds is 3. The molecule has 0 aliphatic carbocycles. The number of esters is 1. The number of benzene rings is 2. The van der Waals surface area contributed by atoms with Crippen molar-refractivity contribution in [2.45, 2.75) is 30.3 Å². The summed E-state index contributed by atoms with van der Waals surface area (Å²) in [6.07, 6.45) is 1.13. The summed E-state index contributed by atoms with van der Waals surface area (Å²) in [6.45, 7) is 0.398. The monoisotopic (exact) mass is 569 g/mol. The molecule has 5 rings (SSSR count). The molecule has 3 aliphatic rings. The summed E-state index contributed by atoms with van der Waals surface area (Å²) in [5, 5.41) is 9.79. The molecule has 202 valence electrons. The topological polar surface area (TPSA) is 114 Å². The molecule has 3 aliphatic heterocycles. The molecule has 0 unspecified atom stereocenters. The summed E-state index contributed by atoms with van der Waals surface area (Å²) in [4.78, 5) is 59.4. The van der Waals surface area contributed by atoms with Crippen LogP contribution in [-0.2, 0) is 14.3 Å². The van der Waals surface area contributed by atoms with Crippen LogP contribution < -0.4 is 4.90 Å². The van der Waals surface area contributed by atoms with Crippen LogP contribution in [0.3, 0.4) is 0 Å². The first kappa shape index (κ1) is 26.8. The highest BCUT2D eigenvalue weighted by molar-refractivity contribution is 6.35. The van der Waals surface area contributed by atoms with Crippen molar-refractivity contribution in [2.75, 3.05) is 38.7 Å². The molecule has 0 bridgehead atoms. The predicted octanol–water partition coefficient (Wildman–Crippen LogP) is 3.86. The second-order valence-electron chi connectivity index (χ2n) is 9.86. The van der Waals surface area contributed by atoms with Crippen molar-refractivity contribution in [1.82, 2.24) is 14.7 Å². The molecule has 39 heavy (non-hydrogen) atoms. The fourth-order valence-corrected chi connectivity index (χ4v) is 6.42. The Morgan fingerprint density at radius 3 is 2.38 bits per heavy atom. The van der Waals surface area contributed by atoms with Crippen LogP contribution in [0, 0.1) is 11.3 Å². The second-order valence-corrected chi connectivity index (χ2v) is 10.7. The van der Waals surface area contributed by atoms with E-state index in [1.807, 2.05) is 0 Å². The molecule has 10 nitrogen and oxygen atoms in total. The minimum atomic E-state index is -1.45. The Kier molecular flexibility index (Phi) is 6.91. The number of carbonyl (C=O) groups is 4. The van der Waals surface area contributed by atoms with Crippen LogP contribution in [0.5, 0.6) is 0 Å². The SMILES string of the molecule is COC(=O)[C@@H]1CCCN1C(=O)N1C[C@@H](c2ccc(C#N)cc2)[C@]2(C1)C(=O)N(c1cc(Cl)cc(Cl)c1)C(=O)N2C. The van der Waals surface area contributed by atoms with E-state index in [4.69, 9.17) is 27.9 Å². The van der Waals surface area contributed by atoms with Crippen LogP contribution in [-0.4, -0.2) is 84.0 Å². The van der Waals surface area contributed by atoms with E-state index in [9.17, 15) is 24.4 Å². The summed E-state index contributed by atoms with van der Waals surface area (Å²) in [7, 11) is 2.81. The number of methoxy groups -OCH3 is 1. The highest BCUT2D eigenvalue weighted by Crippen LogP contribution is 2.47. The van der Waals surface area contributed by atoms with Crippen LogP contribution >= 0.6 is 23.2 Å². The Bertz CT molecular complexity index is 1390. The Balaban J connectivity index is 1.57. The van der Waals surface area contributed by atoms with Crippen molar-refractivity contribution in [3.8, 4) is 6.07 Å². The van der Waals surface area contributed by atoms with Gasteiger partial charge in [0.05, 0.1) is 31.0 Å². The lowest BCUT2D eigenvalue weighted by atomic mass is 9.80. The van der Waals surface area contributed by atoms with Gasteiger partial charge >= 0.3 is 18.0 Å². The van der Waals surface area contributed by atoms with E-state index in [2.05, 4.69) is 6.07 Å². The summed E-state index contributed by atoms with van der Waals surface area (Å²) in [5.41, 5.74) is -0.0981. The average molecular weight is 570 g/mol. The zero-order chi connectivity index (χ0) is 28.1. The first-order valence-electron chi connectivity index (χ1n) is 12.3. The number of nitrogens with zero attached hydrogens (tertiary/aromatic N) is 5. The van der Waals surface area contributed by atoms with Crippen LogP contribution in [0.2, 0.25) is 10.0 Å². The molecule has 3 fully saturated rings. The smallest absolute Gasteiger partial charge is 0.332 e. The maximum absolute atomic E-state index is 14.3. The van der Waals surface area contributed by atoms with Crippen molar-refractivity contribution in [2.24, 2.45) is 0 Å². The number of likely N-dealkylation sites (tertiary alicyclic amines) is 2. The average Bonchev–Trinajstić information content (AvgIpc) is 3.61. The van der Waals surface area contributed by atoms with Gasteiger partial charge in [-0.2, -0.15) is 5.26 Å². The van der Waals surface area contributed by atoms with Gasteiger partial charge in [-0.15, -0.1) is 0 Å². The molecule has 0 aromatic heterocycles. The molecule has 12 heteroatoms. The van der Waals surface area contributed by atoms with Gasteiger partial charge in [0.25, 0.3) is 5.91 Å². The third-order valence-electron chi connectivity index (χ3n) is 7.85. The molecule has 0 radical (unpaired) electrons. The van der Waals surface area contributed by atoms with Crippen molar-refractivity contribution < 1.29 is 23.9 Å². The largest absolute Gasteiger partial charge is 0.467 e. The molecule has 5 amide bonds. The summed E-state index contributed by atoms with van der Waals surface area (Å²) >= 11 is 12.4. The first-order chi connectivity index (χ1) is 18.6. The number of nitriles is 1. The zero-order valence-corrected chi connectivity index (χ0v) is 22.8. The molecule has 0 N–H and O–H groups in total. The van der Waals surface area contributed by atoms with E-state index in [-0.39, 0.29) is 28.8 Å². The quantitative estimate of drug-likeness (QED) is 0.409. The van der Waals surface area contributed by atoms with Gasteiger partial charge in [0.2, 0.25) is 0 Å². The molecular weight excluding hydrogens is 545 g/mol. The van der Waals surface area contributed by atoms with Crippen LogP contribution in [0.25, 0.3) is 0 Å². The Labute approximate surface area is 235 Å². The van der Waals surface area contributed by atoms with Gasteiger partial charge in [0, 0.05) is 36.1 Å². The standard InChI is InChI=1S/C27H25Cl2N5O5/c1-31-25(37)34(20-11-18(28)10-19(29)12-20)24(36)27(31)15-32(14-21(27)17-7-5-16(13-30)6-8-17)26(38)33-9-3-4-22(33)23(35)39-2/h5-8,10-12,21-22H,3-4,9,14-15H2,1-2H3/t21-,22-,27+/m0/s1. The molecule has 1 spiro atoms. The number of anilines is 1. The molecule has 3 heterocycles. The molecule has 2 aromatic rings. The molecule has 2 aromatic carbocycles. The minimum absolute atomic E-state index is 0.0905. The van der Waals surface area contributed by atoms with Gasteiger partial charge in [-0.3, -0.25) is 4.79 Å². The number of amides is 5. The van der Waals surface area contributed by atoms with E-state index in [1.165, 1.54) is 47.1 Å². The van der Waals surface area contributed by atoms with Crippen molar-refractivity contribution in [1.29, 1.82) is 5.26 Å². The maximum atomic E-state index is 14.3. The number of imide groups is 1. The number of urea groups is 2. The van der Waals surface area contributed by atoms with Crippen molar-refractivity contribution >= 4 is 52.8 Å². The van der Waals surface area contributed by atoms with E-state index < -0.39 is 41.4 Å². The van der Waals surface area contributed by atoms with Crippen LogP contribution in [0.15, 0.2) is 42.5 Å². The molecule has 0 saturated carbocycles. The van der Waals surface area contributed by atoms with Gasteiger partial charge in [0.15, 0.2) is 0 Å². The lowest BCUT2D eigenvalue weighted by Crippen LogP contribution is -2.55. The van der Waals surface area contributed by atoms with Crippen LogP contribution in [0.4, 0.5) is 15.3 Å². The van der Waals surface area contributed by atoms with Gasteiger partial charge in [-0.1, -0.05) is 35.3 Å². The van der Waals surface area contributed by atoms with E-state index in [0.717, 1.165) is 4.90 Å². The molecular formula is C27H25Cl2N5O5. The van der Waals surface area contributed by atoms with Crippen molar-refractivity contribution in [3.63, 3.8) is 0 Å². The highest BCUT2D eigenvalue weighted by atomic mass is 35.5. The number of likely N-dealkylation sites (N-methyl/N-ethyl adjacent to an activating group) is 1. The summed E-state index contributed by atoms with van der Waals surface area (Å²) in [6, 6.07) is 11.6. The first-order valence-corrected chi connectivity index (χ1v) is 13.1. The number of halogens is 2. The molecule has 3 atom stereocenters. The summed E-state index contributed by atoms with van der Waals surface area (Å²) < 4.78 is 4.90. The fourth-order valence-electron chi connectivity index (χ4n) is 5.91. The van der Waals surface area contributed by atoms with Gasteiger partial charge in [-0.25, -0.2) is 19.3 Å². The van der Waals surface area contributed by atoms with E-state index in [1.54, 1.807) is 24.3 Å². The number of carbonyl (C=O) groups excluding carboxylic acids is 4. The van der Waals surface area contributed by atoms with Gasteiger partial charge < -0.3 is 19.4 Å². The lowest BCUT2D eigenvalue weighted by Gasteiger charge is -2.34. The second kappa shape index (κ2) is 10.1. The normalized spacial score (nSPS) is 24.6.